The summed E-state index contributed by atoms with van der Waals surface area (Å²) >= 11 is 0. The first-order valence-corrected chi connectivity index (χ1v) is 11.3. The minimum atomic E-state index is -0.824. The van der Waals surface area contributed by atoms with Crippen molar-refractivity contribution < 1.29 is 29.2 Å². The molecule has 2 heterocycles. The van der Waals surface area contributed by atoms with Gasteiger partial charge in [-0.05, 0) is 48.4 Å². The molecule has 0 saturated carbocycles. The van der Waals surface area contributed by atoms with Gasteiger partial charge in [-0.1, -0.05) is 42.7 Å². The van der Waals surface area contributed by atoms with Crippen LogP contribution in [0.15, 0.2) is 91.3 Å². The summed E-state index contributed by atoms with van der Waals surface area (Å²) in [4.78, 5) is 30.7. The van der Waals surface area contributed by atoms with Crippen LogP contribution < -0.4 is 19.6 Å². The third-order valence-corrected chi connectivity index (χ3v) is 5.65. The van der Waals surface area contributed by atoms with Crippen LogP contribution >= 0.6 is 0 Å². The molecule has 7 heteroatoms. The van der Waals surface area contributed by atoms with E-state index in [-0.39, 0.29) is 12.1 Å². The number of likely N-dealkylation sites (tertiary alicyclic amines) is 1. The number of aromatic nitrogens is 1. The number of pyridine rings is 1. The topological polar surface area (TPSA) is 93.0 Å². The van der Waals surface area contributed by atoms with Crippen molar-refractivity contribution in [3.63, 3.8) is 0 Å². The molecular weight excluding hydrogens is 444 g/mol. The van der Waals surface area contributed by atoms with Crippen LogP contribution in [0.1, 0.15) is 29.7 Å². The van der Waals surface area contributed by atoms with Crippen LogP contribution in [0.4, 0.5) is 0 Å². The fraction of sp³-hybridized carbons (Fsp3) is 0.179. The van der Waals surface area contributed by atoms with Gasteiger partial charge in [0.2, 0.25) is 5.78 Å². The Bertz CT molecular complexity index is 1230. The number of rotatable bonds is 9. The average Bonchev–Trinajstić information content (AvgIpc) is 3.13. The van der Waals surface area contributed by atoms with Gasteiger partial charge in [-0.3, -0.25) is 9.59 Å². The molecule has 1 saturated heterocycles. The van der Waals surface area contributed by atoms with Gasteiger partial charge in [0.05, 0.1) is 19.2 Å². The first kappa shape index (κ1) is 23.8. The standard InChI is InChI=1S/C28H26N2O5/c1-3-16-35-23-13-9-21(10-14-23)26(31)24-25(20-7-11-22(12-8-20)34-4-2)30(28(33)27(24)32)18-19-6-5-15-29-17-19/h3,5-15,17,25,31H,1,4,16,18H2,2H3/b26-24+. The molecule has 1 amide bonds. The van der Waals surface area contributed by atoms with Crippen molar-refractivity contribution in [1.29, 1.82) is 0 Å². The zero-order valence-corrected chi connectivity index (χ0v) is 19.4. The molecular formula is C28H26N2O5. The van der Waals surface area contributed by atoms with Gasteiger partial charge in [-0.15, -0.1) is 0 Å². The van der Waals surface area contributed by atoms with Crippen LogP contribution in [0.5, 0.6) is 11.5 Å². The summed E-state index contributed by atoms with van der Waals surface area (Å²) in [5.41, 5.74) is 1.70. The molecule has 1 fully saturated rings. The molecule has 0 spiro atoms. The summed E-state index contributed by atoms with van der Waals surface area (Å²) in [5.74, 6) is -0.744. The molecule has 0 radical (unpaired) electrons. The number of hydrogen-bond acceptors (Lipinski definition) is 5. The van der Waals surface area contributed by atoms with Crippen LogP contribution in [0, 0.1) is 0 Å². The summed E-state index contributed by atoms with van der Waals surface area (Å²) in [6, 6.07) is 16.4. The van der Waals surface area contributed by atoms with Gasteiger partial charge in [0, 0.05) is 17.2 Å². The average molecular weight is 471 g/mol. The van der Waals surface area contributed by atoms with Gasteiger partial charge in [0.15, 0.2) is 12.4 Å². The summed E-state index contributed by atoms with van der Waals surface area (Å²) in [6.45, 7) is 6.52. The normalized spacial score (nSPS) is 16.8. The highest BCUT2D eigenvalue weighted by Gasteiger charge is 2.44. The van der Waals surface area contributed by atoms with Crippen LogP contribution in [-0.2, 0) is 16.1 Å². The number of amides is 1. The molecule has 0 bridgehead atoms. The monoisotopic (exact) mass is 470 g/mol. The lowest BCUT2D eigenvalue weighted by molar-refractivity contribution is -0.378. The van der Waals surface area contributed by atoms with E-state index in [1.165, 1.54) is 4.90 Å². The molecule has 35 heavy (non-hydrogen) atoms. The van der Waals surface area contributed by atoms with Crippen molar-refractivity contribution in [1.82, 2.24) is 4.90 Å². The first-order valence-electron chi connectivity index (χ1n) is 11.3. The number of carbonyl (C=O) groups excluding carboxylic acids is 2. The van der Waals surface area contributed by atoms with Crippen LogP contribution in [0.3, 0.4) is 0 Å². The van der Waals surface area contributed by atoms with E-state index in [1.807, 2.05) is 19.1 Å². The second-order valence-corrected chi connectivity index (χ2v) is 7.95. The number of ketones is 1. The maximum absolute atomic E-state index is 13.6. The van der Waals surface area contributed by atoms with Gasteiger partial charge in [-0.2, -0.15) is 0 Å². The van der Waals surface area contributed by atoms with Crippen molar-refractivity contribution >= 4 is 17.4 Å². The van der Waals surface area contributed by atoms with E-state index in [9.17, 15) is 14.7 Å². The lowest BCUT2D eigenvalue weighted by atomic mass is 9.95. The maximum atomic E-state index is 13.6. The second kappa shape index (κ2) is 10.7. The molecule has 2 aromatic carbocycles. The highest BCUT2D eigenvalue weighted by atomic mass is 16.5. The number of Topliss-reactive ketones (excluding diaryl/α,β-unsaturated/α-hetero) is 1. The molecule has 178 valence electrons. The SMILES string of the molecule is C=CCOc1ccc(/C([O-])=C2\C(=O)C(=O)N(Cc3ccc[nH+]c3)C2c2ccc(OCC)cc2)cc1. The predicted octanol–water partition coefficient (Wildman–Crippen LogP) is 2.89. The molecule has 7 nitrogen and oxygen atoms in total. The number of carbonyl (C=O) groups is 2. The van der Waals surface area contributed by atoms with E-state index >= 15 is 0 Å². The van der Waals surface area contributed by atoms with E-state index in [0.717, 1.165) is 5.56 Å². The summed E-state index contributed by atoms with van der Waals surface area (Å²) in [7, 11) is 0. The Morgan fingerprint density at radius 3 is 2.37 bits per heavy atom. The molecule has 1 unspecified atom stereocenters. The number of nitrogens with zero attached hydrogens (tertiary/aromatic N) is 1. The summed E-state index contributed by atoms with van der Waals surface area (Å²) in [6.07, 6.45) is 5.14. The fourth-order valence-corrected chi connectivity index (χ4v) is 4.03. The minimum absolute atomic E-state index is 0.0705. The Hall–Kier alpha value is -4.39. The number of ether oxygens (including phenoxy) is 2. The summed E-state index contributed by atoms with van der Waals surface area (Å²) in [5, 5.41) is 13.6. The lowest BCUT2D eigenvalue weighted by Crippen LogP contribution is -2.29. The first-order chi connectivity index (χ1) is 17.0. The number of nitrogens with one attached hydrogen (secondary N) is 1. The highest BCUT2D eigenvalue weighted by Crippen LogP contribution is 2.40. The molecule has 1 aliphatic heterocycles. The number of hydrogen-bond donors (Lipinski definition) is 0. The van der Waals surface area contributed by atoms with Crippen molar-refractivity contribution in [3.05, 3.63) is 108 Å². The van der Waals surface area contributed by atoms with Crippen LogP contribution in [0.25, 0.3) is 5.76 Å². The summed E-state index contributed by atoms with van der Waals surface area (Å²) < 4.78 is 11.0. The van der Waals surface area contributed by atoms with E-state index in [0.29, 0.717) is 35.8 Å². The van der Waals surface area contributed by atoms with Gasteiger partial charge in [0.25, 0.3) is 5.91 Å². The Labute approximate surface area is 203 Å². The quantitative estimate of drug-likeness (QED) is 0.208. The lowest BCUT2D eigenvalue weighted by Gasteiger charge is -2.27. The van der Waals surface area contributed by atoms with Crippen molar-refractivity contribution in [3.8, 4) is 11.5 Å². The van der Waals surface area contributed by atoms with Gasteiger partial charge in [-0.25, -0.2) is 4.98 Å². The van der Waals surface area contributed by atoms with E-state index in [2.05, 4.69) is 11.6 Å². The number of H-pyrrole nitrogens is 1. The molecule has 1 atom stereocenters. The molecule has 1 N–H and O–H groups in total. The third-order valence-electron chi connectivity index (χ3n) is 5.65. The fourth-order valence-electron chi connectivity index (χ4n) is 4.03. The third kappa shape index (κ3) is 5.09. The Morgan fingerprint density at radius 2 is 1.74 bits per heavy atom. The Morgan fingerprint density at radius 1 is 1.06 bits per heavy atom. The zero-order valence-electron chi connectivity index (χ0n) is 19.4. The molecule has 3 aromatic rings. The van der Waals surface area contributed by atoms with Gasteiger partial charge < -0.3 is 19.5 Å². The molecule has 0 aliphatic carbocycles. The van der Waals surface area contributed by atoms with Crippen molar-refractivity contribution in [2.75, 3.05) is 13.2 Å². The van der Waals surface area contributed by atoms with E-state index in [1.54, 1.807) is 67.0 Å². The second-order valence-electron chi connectivity index (χ2n) is 7.95. The largest absolute Gasteiger partial charge is 0.872 e. The smallest absolute Gasteiger partial charge is 0.295 e. The van der Waals surface area contributed by atoms with Crippen molar-refractivity contribution in [2.45, 2.75) is 19.5 Å². The van der Waals surface area contributed by atoms with Crippen LogP contribution in [-0.4, -0.2) is 29.8 Å². The molecule has 1 aromatic heterocycles. The highest BCUT2D eigenvalue weighted by molar-refractivity contribution is 6.46. The zero-order chi connectivity index (χ0) is 24.8. The van der Waals surface area contributed by atoms with Crippen molar-refractivity contribution in [2.24, 2.45) is 0 Å². The molecule has 4 rings (SSSR count). The predicted molar refractivity (Wildman–Crippen MR) is 128 cm³/mol. The van der Waals surface area contributed by atoms with E-state index in [4.69, 9.17) is 9.47 Å². The number of aromatic amines is 1. The van der Waals surface area contributed by atoms with Crippen LogP contribution in [0.2, 0.25) is 0 Å². The Balaban J connectivity index is 1.77. The van der Waals surface area contributed by atoms with Gasteiger partial charge in [0.1, 0.15) is 18.1 Å². The van der Waals surface area contributed by atoms with E-state index < -0.39 is 23.5 Å². The maximum Gasteiger partial charge on any atom is 0.295 e. The Kier molecular flexibility index (Phi) is 7.26. The molecule has 1 aliphatic rings. The van der Waals surface area contributed by atoms with Gasteiger partial charge >= 0.3 is 0 Å². The number of benzene rings is 2. The minimum Gasteiger partial charge on any atom is -0.872 e.